The fraction of sp³-hybridized carbons (Fsp3) is 0.514. The van der Waals surface area contributed by atoms with E-state index < -0.39 is 76.3 Å². The Balaban J connectivity index is 1.44. The van der Waals surface area contributed by atoms with Crippen LogP contribution in [0.2, 0.25) is 0 Å². The lowest BCUT2D eigenvalue weighted by Gasteiger charge is -2.35. The van der Waals surface area contributed by atoms with Gasteiger partial charge in [0, 0.05) is 12.5 Å². The van der Waals surface area contributed by atoms with Crippen molar-refractivity contribution < 1.29 is 38.2 Å². The minimum absolute atomic E-state index is 0.0396. The number of halogens is 3. The molecule has 0 bridgehead atoms. The van der Waals surface area contributed by atoms with Crippen LogP contribution in [0, 0.1) is 5.92 Å². The fourth-order valence-corrected chi connectivity index (χ4v) is 6.03. The molecule has 12 nitrogen and oxygen atoms in total. The molecule has 0 aromatic heterocycles. The van der Waals surface area contributed by atoms with Crippen LogP contribution in [0.1, 0.15) is 70.9 Å². The Morgan fingerprint density at radius 3 is 2.08 bits per heavy atom. The molecule has 50 heavy (non-hydrogen) atoms. The lowest BCUT2D eigenvalue weighted by molar-refractivity contribution is -0.160. The van der Waals surface area contributed by atoms with Crippen molar-refractivity contribution in [1.82, 2.24) is 21.1 Å². The summed E-state index contributed by atoms with van der Waals surface area (Å²) in [6, 6.07) is 12.4. The second-order valence-electron chi connectivity index (χ2n) is 13.6. The molecule has 1 fully saturated rings. The van der Waals surface area contributed by atoms with E-state index >= 15 is 0 Å². The number of ether oxygens (including phenoxy) is 3. The number of carbonyl (C=O) groups excluding carboxylic acids is 5. The molecule has 1 saturated heterocycles. The van der Waals surface area contributed by atoms with Gasteiger partial charge in [0.25, 0.3) is 5.91 Å². The molecule has 0 saturated carbocycles. The average Bonchev–Trinajstić information content (AvgIpc) is 3.36. The topological polar surface area (TPSA) is 152 Å². The molecule has 3 unspecified atom stereocenters. The molecular weight excluding hydrogens is 711 g/mol. The van der Waals surface area contributed by atoms with Crippen LogP contribution in [0.3, 0.4) is 0 Å². The molecule has 1 aliphatic heterocycles. The fourth-order valence-electron chi connectivity index (χ4n) is 5.87. The summed E-state index contributed by atoms with van der Waals surface area (Å²) in [4.78, 5) is 66.1. The number of alkyl carbamates (subject to hydrolysis) is 1. The van der Waals surface area contributed by atoms with Crippen LogP contribution in [0.15, 0.2) is 48.5 Å². The van der Waals surface area contributed by atoms with Crippen LogP contribution in [0.25, 0.3) is 11.1 Å². The van der Waals surface area contributed by atoms with Gasteiger partial charge in [-0.1, -0.05) is 97.2 Å². The summed E-state index contributed by atoms with van der Waals surface area (Å²) >= 11 is 17.1. The summed E-state index contributed by atoms with van der Waals surface area (Å²) in [5.41, 5.74) is 6.16. The Labute approximate surface area is 306 Å². The zero-order valence-electron chi connectivity index (χ0n) is 28.6. The van der Waals surface area contributed by atoms with Gasteiger partial charge in [-0.3, -0.25) is 24.2 Å². The Hall–Kier alpha value is -3.58. The molecule has 1 heterocycles. The van der Waals surface area contributed by atoms with E-state index in [4.69, 9.17) is 49.0 Å². The van der Waals surface area contributed by atoms with E-state index in [-0.39, 0.29) is 19.1 Å². The van der Waals surface area contributed by atoms with Crippen molar-refractivity contribution in [3.8, 4) is 11.1 Å². The molecule has 3 atom stereocenters. The first kappa shape index (κ1) is 39.2. The number of nitrogens with zero attached hydrogens (tertiary/aromatic N) is 1. The number of fused-ring (bicyclic) bond motifs is 3. The van der Waals surface area contributed by atoms with Crippen LogP contribution in [-0.2, 0) is 33.4 Å². The van der Waals surface area contributed by atoms with E-state index in [1.54, 1.807) is 34.6 Å². The molecule has 1 aliphatic carbocycles. The number of rotatable bonds is 11. The average molecular weight is 754 g/mol. The number of nitrogens with one attached hydrogen (secondary N) is 3. The molecule has 15 heteroatoms. The van der Waals surface area contributed by atoms with Crippen molar-refractivity contribution in [2.75, 3.05) is 19.8 Å². The van der Waals surface area contributed by atoms with Gasteiger partial charge >= 0.3 is 18.0 Å². The standard InChI is InChI=1S/C35H43Cl3N4O8/c1-20(2)29(40-33(47)48-18-25-23-13-8-6-11-21(23)22-12-7-9-14-24(22)25)30(44)39-27(17-28(43)50-34(3,4)5)31(45)42-16-10-15-26(41-42)32(46)49-19-35(36,37)38/h6-9,11-14,20,25-27,29,41H,10,15-19H2,1-5H3,(H,39,44)(H,40,47). The monoisotopic (exact) mass is 752 g/mol. The van der Waals surface area contributed by atoms with Crippen LogP contribution in [0.4, 0.5) is 4.79 Å². The van der Waals surface area contributed by atoms with E-state index in [2.05, 4.69) is 16.1 Å². The van der Waals surface area contributed by atoms with E-state index in [1.807, 2.05) is 48.5 Å². The van der Waals surface area contributed by atoms with Crippen molar-refractivity contribution in [2.24, 2.45) is 5.92 Å². The molecule has 0 radical (unpaired) electrons. The third-order valence-electron chi connectivity index (χ3n) is 8.09. The summed E-state index contributed by atoms with van der Waals surface area (Å²) in [5.74, 6) is -3.52. The van der Waals surface area contributed by atoms with Crippen molar-refractivity contribution >= 4 is 64.6 Å². The highest BCUT2D eigenvalue weighted by molar-refractivity contribution is 6.67. The number of hydrazine groups is 1. The second kappa shape index (κ2) is 16.6. The number of hydrogen-bond donors (Lipinski definition) is 3. The second-order valence-corrected chi connectivity index (χ2v) is 16.1. The number of carbonyl (C=O) groups is 5. The normalized spacial score (nSPS) is 17.2. The first-order valence-electron chi connectivity index (χ1n) is 16.4. The molecule has 0 spiro atoms. The van der Waals surface area contributed by atoms with Gasteiger partial charge in [0.05, 0.1) is 6.42 Å². The quantitative estimate of drug-likeness (QED) is 0.160. The number of benzene rings is 2. The maximum atomic E-state index is 13.8. The molecule has 2 aliphatic rings. The lowest BCUT2D eigenvalue weighted by atomic mass is 9.98. The largest absolute Gasteiger partial charge is 0.460 e. The number of esters is 2. The first-order chi connectivity index (χ1) is 23.4. The van der Waals surface area contributed by atoms with Crippen LogP contribution >= 0.6 is 34.8 Å². The Bertz CT molecular complexity index is 1530. The molecule has 4 rings (SSSR count). The van der Waals surface area contributed by atoms with Crippen LogP contribution in [0.5, 0.6) is 0 Å². The molecule has 272 valence electrons. The van der Waals surface area contributed by atoms with Crippen molar-refractivity contribution in [1.29, 1.82) is 0 Å². The first-order valence-corrected chi connectivity index (χ1v) is 17.5. The zero-order chi connectivity index (χ0) is 36.8. The molecule has 3 N–H and O–H groups in total. The predicted molar refractivity (Wildman–Crippen MR) is 188 cm³/mol. The smallest absolute Gasteiger partial charge is 0.407 e. The number of alkyl halides is 3. The van der Waals surface area contributed by atoms with Gasteiger partial charge in [0.15, 0.2) is 0 Å². The molecular formula is C35H43Cl3N4O8. The van der Waals surface area contributed by atoms with Crippen LogP contribution < -0.4 is 16.1 Å². The van der Waals surface area contributed by atoms with Gasteiger partial charge in [-0.2, -0.15) is 0 Å². The maximum absolute atomic E-state index is 13.8. The molecule has 2 aromatic carbocycles. The SMILES string of the molecule is CC(C)C(NC(=O)OCC1c2ccccc2-c2ccccc21)C(=O)NC(CC(=O)OC(C)(C)C)C(=O)N1CCCC(C(=O)OCC(Cl)(Cl)Cl)N1. The maximum Gasteiger partial charge on any atom is 0.407 e. The van der Waals surface area contributed by atoms with Crippen molar-refractivity contribution in [2.45, 2.75) is 87.3 Å². The Morgan fingerprint density at radius 2 is 1.52 bits per heavy atom. The van der Waals surface area contributed by atoms with Crippen molar-refractivity contribution in [3.63, 3.8) is 0 Å². The van der Waals surface area contributed by atoms with Crippen molar-refractivity contribution in [3.05, 3.63) is 59.7 Å². The minimum atomic E-state index is -1.82. The van der Waals surface area contributed by atoms with E-state index in [9.17, 15) is 24.0 Å². The molecule has 3 amide bonds. The number of amides is 3. The zero-order valence-corrected chi connectivity index (χ0v) is 30.9. The lowest BCUT2D eigenvalue weighted by Crippen LogP contribution is -2.62. The van der Waals surface area contributed by atoms with Crippen LogP contribution in [-0.4, -0.2) is 82.1 Å². The predicted octanol–water partition coefficient (Wildman–Crippen LogP) is 5.18. The van der Waals surface area contributed by atoms with Gasteiger partial charge in [-0.05, 0) is 61.8 Å². The minimum Gasteiger partial charge on any atom is -0.460 e. The summed E-state index contributed by atoms with van der Waals surface area (Å²) in [7, 11) is 0. The summed E-state index contributed by atoms with van der Waals surface area (Å²) in [5, 5.41) is 6.39. The highest BCUT2D eigenvalue weighted by Gasteiger charge is 2.38. The van der Waals surface area contributed by atoms with E-state index in [0.717, 1.165) is 27.3 Å². The summed E-state index contributed by atoms with van der Waals surface area (Å²) in [6.07, 6.45) is -0.606. The Kier molecular flexibility index (Phi) is 13.0. The third-order valence-corrected chi connectivity index (χ3v) is 8.41. The highest BCUT2D eigenvalue weighted by Crippen LogP contribution is 2.44. The van der Waals surface area contributed by atoms with Gasteiger partial charge in [0.1, 0.15) is 36.9 Å². The van der Waals surface area contributed by atoms with Gasteiger partial charge in [0.2, 0.25) is 9.70 Å². The third kappa shape index (κ3) is 10.7. The summed E-state index contributed by atoms with van der Waals surface area (Å²) < 4.78 is 14.3. The molecule has 2 aromatic rings. The number of hydrogen-bond acceptors (Lipinski definition) is 9. The Morgan fingerprint density at radius 1 is 0.920 bits per heavy atom. The highest BCUT2D eigenvalue weighted by atomic mass is 35.6. The van der Waals surface area contributed by atoms with Gasteiger partial charge in [-0.15, -0.1) is 0 Å². The van der Waals surface area contributed by atoms with Gasteiger partial charge < -0.3 is 24.8 Å². The van der Waals surface area contributed by atoms with E-state index in [0.29, 0.717) is 12.8 Å². The summed E-state index contributed by atoms with van der Waals surface area (Å²) in [6.45, 7) is 8.17. The van der Waals surface area contributed by atoms with Gasteiger partial charge in [-0.25, -0.2) is 10.2 Å². The van der Waals surface area contributed by atoms with E-state index in [1.165, 1.54) is 0 Å².